The average molecular weight is 431 g/mol. The molecule has 172 valence electrons. The summed E-state index contributed by atoms with van der Waals surface area (Å²) in [6.45, 7) is 4.54. The number of rotatable bonds is 10. The fourth-order valence-electron chi connectivity index (χ4n) is 5.39. The molecule has 1 aromatic rings. The Labute approximate surface area is 188 Å². The maximum atomic E-state index is 14.6. The van der Waals surface area contributed by atoms with Crippen LogP contribution in [0.5, 0.6) is 5.75 Å². The van der Waals surface area contributed by atoms with Crippen molar-refractivity contribution >= 4 is 5.57 Å². The molecule has 31 heavy (non-hydrogen) atoms. The first-order valence-corrected chi connectivity index (χ1v) is 12.6. The van der Waals surface area contributed by atoms with E-state index in [1.165, 1.54) is 44.9 Å². The Bertz CT molecular complexity index is 744. The van der Waals surface area contributed by atoms with Crippen molar-refractivity contribution in [3.8, 4) is 5.75 Å². The molecule has 0 amide bonds. The lowest BCUT2D eigenvalue weighted by molar-refractivity contribution is 0.188. The van der Waals surface area contributed by atoms with Crippen LogP contribution in [0, 0.1) is 29.4 Å². The van der Waals surface area contributed by atoms with E-state index in [0.29, 0.717) is 18.1 Å². The van der Waals surface area contributed by atoms with Crippen LogP contribution in [0.15, 0.2) is 30.4 Å². The summed E-state index contributed by atoms with van der Waals surface area (Å²) < 4.78 is 34.3. The third-order valence-electron chi connectivity index (χ3n) is 7.25. The summed E-state index contributed by atoms with van der Waals surface area (Å²) >= 11 is 0. The van der Waals surface area contributed by atoms with Crippen molar-refractivity contribution in [1.82, 2.24) is 0 Å². The maximum absolute atomic E-state index is 14.6. The molecule has 0 spiro atoms. The normalized spacial score (nSPS) is 24.4. The monoisotopic (exact) mass is 430 g/mol. The lowest BCUT2D eigenvalue weighted by atomic mass is 9.70. The second-order valence-corrected chi connectivity index (χ2v) is 9.44. The molecule has 0 N–H and O–H groups in total. The Hall–Kier alpha value is -1.64. The van der Waals surface area contributed by atoms with Gasteiger partial charge in [-0.25, -0.2) is 4.39 Å². The molecular weight excluding hydrogens is 390 g/mol. The molecule has 1 fully saturated rings. The summed E-state index contributed by atoms with van der Waals surface area (Å²) in [5.74, 6) is 0.838. The lowest BCUT2D eigenvalue weighted by Gasteiger charge is -2.35. The molecule has 1 saturated carbocycles. The topological polar surface area (TPSA) is 9.23 Å². The molecule has 1 nitrogen and oxygen atoms in total. The summed E-state index contributed by atoms with van der Waals surface area (Å²) in [7, 11) is 0. The standard InChI is InChI=1S/C28H40F2O/c1-3-5-6-7-8-9-21-10-12-22(13-11-21)23-14-16-24(17-15-23)25-18-19-26(31-20-4-2)28(30)27(25)29/h5-6,16,18-19,21-23H,3-4,7-15,17,20H2,1-2H3. The second-order valence-electron chi connectivity index (χ2n) is 9.44. The summed E-state index contributed by atoms with van der Waals surface area (Å²) in [6, 6.07) is 3.27. The van der Waals surface area contributed by atoms with E-state index in [0.717, 1.165) is 49.5 Å². The van der Waals surface area contributed by atoms with Gasteiger partial charge in [-0.1, -0.05) is 51.3 Å². The van der Waals surface area contributed by atoms with E-state index in [4.69, 9.17) is 4.74 Å². The van der Waals surface area contributed by atoms with E-state index in [1.54, 1.807) is 12.1 Å². The van der Waals surface area contributed by atoms with E-state index in [1.807, 2.05) is 6.92 Å². The van der Waals surface area contributed by atoms with Gasteiger partial charge in [0.2, 0.25) is 5.82 Å². The predicted octanol–water partition coefficient (Wildman–Crippen LogP) is 8.88. The number of allylic oxidation sites excluding steroid dienone is 4. The molecular formula is C28H40F2O. The summed E-state index contributed by atoms with van der Waals surface area (Å²) in [6.07, 6.45) is 21.0. The Morgan fingerprint density at radius 2 is 1.77 bits per heavy atom. The lowest BCUT2D eigenvalue weighted by Crippen LogP contribution is -2.23. The minimum Gasteiger partial charge on any atom is -0.490 e. The first-order valence-electron chi connectivity index (χ1n) is 12.6. The van der Waals surface area contributed by atoms with Gasteiger partial charge in [0.05, 0.1) is 6.61 Å². The molecule has 3 rings (SSSR count). The Balaban J connectivity index is 1.48. The van der Waals surface area contributed by atoms with Gasteiger partial charge in [0, 0.05) is 5.56 Å². The van der Waals surface area contributed by atoms with Gasteiger partial charge in [-0.05, 0) is 93.2 Å². The summed E-state index contributed by atoms with van der Waals surface area (Å²) in [4.78, 5) is 0. The molecule has 0 saturated heterocycles. The second kappa shape index (κ2) is 12.4. The van der Waals surface area contributed by atoms with Crippen LogP contribution in [0.4, 0.5) is 8.78 Å². The smallest absolute Gasteiger partial charge is 0.201 e. The molecule has 2 aliphatic rings. The summed E-state index contributed by atoms with van der Waals surface area (Å²) in [5, 5.41) is 0. The van der Waals surface area contributed by atoms with Gasteiger partial charge in [0.1, 0.15) is 0 Å². The Kier molecular flexibility index (Phi) is 9.61. The van der Waals surface area contributed by atoms with Crippen molar-refractivity contribution in [2.45, 2.75) is 90.9 Å². The van der Waals surface area contributed by atoms with Gasteiger partial charge in [-0.15, -0.1) is 0 Å². The third kappa shape index (κ3) is 6.67. The first-order chi connectivity index (χ1) is 15.1. The fraction of sp³-hybridized carbons (Fsp3) is 0.643. The number of hydrogen-bond acceptors (Lipinski definition) is 1. The van der Waals surface area contributed by atoms with E-state index in [2.05, 4.69) is 25.2 Å². The highest BCUT2D eigenvalue weighted by molar-refractivity contribution is 5.67. The third-order valence-corrected chi connectivity index (χ3v) is 7.25. The van der Waals surface area contributed by atoms with Gasteiger partial charge in [-0.2, -0.15) is 4.39 Å². The number of halogens is 2. The molecule has 1 atom stereocenters. The van der Waals surface area contributed by atoms with Gasteiger partial charge in [0.25, 0.3) is 0 Å². The number of benzene rings is 1. The van der Waals surface area contributed by atoms with Gasteiger partial charge in [-0.3, -0.25) is 0 Å². The Morgan fingerprint density at radius 3 is 2.45 bits per heavy atom. The maximum Gasteiger partial charge on any atom is 0.201 e. The molecule has 0 heterocycles. The minimum atomic E-state index is -0.850. The van der Waals surface area contributed by atoms with Crippen LogP contribution in [-0.2, 0) is 0 Å². The van der Waals surface area contributed by atoms with Crippen LogP contribution >= 0.6 is 0 Å². The van der Waals surface area contributed by atoms with Crippen LogP contribution in [0.3, 0.4) is 0 Å². The molecule has 2 aliphatic carbocycles. The van der Waals surface area contributed by atoms with Gasteiger partial charge in [0.15, 0.2) is 11.6 Å². The van der Waals surface area contributed by atoms with E-state index >= 15 is 0 Å². The van der Waals surface area contributed by atoms with Crippen LogP contribution in [0.1, 0.15) is 96.5 Å². The van der Waals surface area contributed by atoms with Crippen LogP contribution in [0.25, 0.3) is 5.57 Å². The predicted molar refractivity (Wildman–Crippen MR) is 126 cm³/mol. The van der Waals surface area contributed by atoms with Crippen molar-refractivity contribution in [2.24, 2.45) is 17.8 Å². The van der Waals surface area contributed by atoms with Crippen molar-refractivity contribution in [1.29, 1.82) is 0 Å². The van der Waals surface area contributed by atoms with Crippen molar-refractivity contribution in [3.05, 3.63) is 47.6 Å². The van der Waals surface area contributed by atoms with Crippen molar-refractivity contribution in [2.75, 3.05) is 6.61 Å². The van der Waals surface area contributed by atoms with Gasteiger partial charge >= 0.3 is 0 Å². The quantitative estimate of drug-likeness (QED) is 0.266. The minimum absolute atomic E-state index is 0.0236. The molecule has 3 heteroatoms. The first kappa shape index (κ1) is 24.0. The molecule has 0 bridgehead atoms. The molecule has 0 aliphatic heterocycles. The van der Waals surface area contributed by atoms with Crippen LogP contribution in [0.2, 0.25) is 0 Å². The van der Waals surface area contributed by atoms with E-state index in [9.17, 15) is 8.78 Å². The average Bonchev–Trinajstić information content (AvgIpc) is 2.80. The zero-order valence-electron chi connectivity index (χ0n) is 19.5. The van der Waals surface area contributed by atoms with Crippen molar-refractivity contribution < 1.29 is 13.5 Å². The largest absolute Gasteiger partial charge is 0.490 e. The number of ether oxygens (including phenoxy) is 1. The SMILES string of the molecule is CCC=CCCCC1CCC(C2CC=C(c3ccc(OCCC)c(F)c3F)CC2)CC1. The van der Waals surface area contributed by atoms with Crippen LogP contribution in [-0.4, -0.2) is 6.61 Å². The van der Waals surface area contributed by atoms with E-state index < -0.39 is 11.6 Å². The highest BCUT2D eigenvalue weighted by atomic mass is 19.2. The highest BCUT2D eigenvalue weighted by Crippen LogP contribution is 2.42. The summed E-state index contributed by atoms with van der Waals surface area (Å²) in [5.41, 5.74) is 1.38. The van der Waals surface area contributed by atoms with Crippen LogP contribution < -0.4 is 4.74 Å². The number of hydrogen-bond donors (Lipinski definition) is 0. The Morgan fingerprint density at radius 1 is 0.968 bits per heavy atom. The molecule has 1 unspecified atom stereocenters. The zero-order chi connectivity index (χ0) is 22.1. The highest BCUT2D eigenvalue weighted by Gasteiger charge is 2.29. The zero-order valence-corrected chi connectivity index (χ0v) is 19.5. The molecule has 1 aromatic carbocycles. The van der Waals surface area contributed by atoms with Gasteiger partial charge < -0.3 is 4.74 Å². The molecule has 0 aromatic heterocycles. The van der Waals surface area contributed by atoms with Crippen molar-refractivity contribution in [3.63, 3.8) is 0 Å². The molecule has 0 radical (unpaired) electrons. The number of unbranched alkanes of at least 4 members (excludes halogenated alkanes) is 1. The fourth-order valence-corrected chi connectivity index (χ4v) is 5.39. The van der Waals surface area contributed by atoms with E-state index in [-0.39, 0.29) is 5.75 Å².